The van der Waals surface area contributed by atoms with Crippen LogP contribution in [0.1, 0.15) is 52.9 Å². The van der Waals surface area contributed by atoms with Crippen LogP contribution in [-0.4, -0.2) is 39.8 Å². The molecule has 0 radical (unpaired) electrons. The van der Waals surface area contributed by atoms with Gasteiger partial charge < -0.3 is 10.1 Å². The predicted molar refractivity (Wildman–Crippen MR) is 132 cm³/mol. The number of ether oxygens (including phenoxy) is 1. The maximum Gasteiger partial charge on any atom is 0.425 e. The summed E-state index contributed by atoms with van der Waals surface area (Å²) in [5.41, 5.74) is 5.45. The lowest BCUT2D eigenvalue weighted by atomic mass is 9.92. The Balaban J connectivity index is 2.04. The number of rotatable bonds is 4. The largest absolute Gasteiger partial charge is 0.452 e. The molecule has 0 atom stereocenters. The molecule has 3 rings (SSSR count). The van der Waals surface area contributed by atoms with E-state index in [2.05, 4.69) is 31.0 Å². The fraction of sp³-hybridized carbons (Fsp3) is 0.261. The number of aryl methyl sites for hydroxylation is 1. The van der Waals surface area contributed by atoms with Gasteiger partial charge in [-0.1, -0.05) is 44.0 Å². The van der Waals surface area contributed by atoms with Crippen molar-refractivity contribution in [3.63, 3.8) is 0 Å². The second-order valence-corrected chi connectivity index (χ2v) is 9.40. The second kappa shape index (κ2) is 10.3. The van der Waals surface area contributed by atoms with E-state index in [1.54, 1.807) is 37.4 Å². The zero-order chi connectivity index (χ0) is 25.9. The molecule has 2 aromatic heterocycles. The first-order chi connectivity index (χ1) is 16.4. The smallest absolute Gasteiger partial charge is 0.425 e. The summed E-state index contributed by atoms with van der Waals surface area (Å²) in [4.78, 5) is 41.8. The molecule has 0 aliphatic heterocycles. The highest BCUT2D eigenvalue weighted by Gasteiger charge is 2.26. The van der Waals surface area contributed by atoms with Crippen LogP contribution in [0.2, 0.25) is 10.0 Å². The van der Waals surface area contributed by atoms with Gasteiger partial charge in [0.15, 0.2) is 5.82 Å². The van der Waals surface area contributed by atoms with Gasteiger partial charge in [0.25, 0.3) is 11.8 Å². The number of benzene rings is 1. The lowest BCUT2D eigenvalue weighted by Gasteiger charge is -2.15. The van der Waals surface area contributed by atoms with E-state index in [0.717, 1.165) is 7.11 Å². The van der Waals surface area contributed by atoms with Gasteiger partial charge in [0, 0.05) is 16.6 Å². The van der Waals surface area contributed by atoms with Crippen molar-refractivity contribution in [3.8, 4) is 5.82 Å². The average Bonchev–Trinajstić information content (AvgIpc) is 3.25. The molecule has 3 amide bonds. The van der Waals surface area contributed by atoms with E-state index >= 15 is 0 Å². The standard InChI is InChI=1S/C23H24Cl2N6O4/c1-12-9-13(24)10-14(20(32)28-29-22(34)35-5)18(12)27-21(33)16-11-17(23(2,3)4)30-31(16)19-15(25)7-6-8-26-19/h6-11H,1-5H3,(H,27,33)(H,28,32)(H,29,34). The molecule has 0 spiro atoms. The van der Waals surface area contributed by atoms with E-state index < -0.39 is 17.9 Å². The van der Waals surface area contributed by atoms with E-state index in [0.29, 0.717) is 16.3 Å². The molecular formula is C23H24Cl2N6O4. The maximum atomic E-state index is 13.5. The highest BCUT2D eigenvalue weighted by Crippen LogP contribution is 2.29. The molecular weight excluding hydrogens is 495 g/mol. The maximum absolute atomic E-state index is 13.5. The Kier molecular flexibility index (Phi) is 7.67. The minimum atomic E-state index is -0.867. The van der Waals surface area contributed by atoms with Crippen LogP contribution in [-0.2, 0) is 10.2 Å². The first-order valence-electron chi connectivity index (χ1n) is 10.4. The van der Waals surface area contributed by atoms with E-state index in [1.165, 1.54) is 10.7 Å². The Bertz CT molecular complexity index is 1300. The van der Waals surface area contributed by atoms with Crippen molar-refractivity contribution in [2.75, 3.05) is 12.4 Å². The number of hydrazine groups is 1. The number of nitrogens with zero attached hydrogens (tertiary/aromatic N) is 3. The molecule has 1 aromatic carbocycles. The lowest BCUT2D eigenvalue weighted by Crippen LogP contribution is -2.41. The Morgan fingerprint density at radius 2 is 1.77 bits per heavy atom. The van der Waals surface area contributed by atoms with E-state index in [4.69, 9.17) is 23.2 Å². The van der Waals surface area contributed by atoms with Crippen LogP contribution in [0.5, 0.6) is 0 Å². The van der Waals surface area contributed by atoms with Gasteiger partial charge in [-0.25, -0.2) is 19.9 Å². The molecule has 3 aromatic rings. The predicted octanol–water partition coefficient (Wildman–Crippen LogP) is 4.43. The number of amides is 3. The average molecular weight is 519 g/mol. The molecule has 0 unspecified atom stereocenters. The number of hydrogen-bond donors (Lipinski definition) is 3. The van der Waals surface area contributed by atoms with Crippen LogP contribution in [0.25, 0.3) is 5.82 Å². The molecule has 184 valence electrons. The van der Waals surface area contributed by atoms with Crippen LogP contribution >= 0.6 is 23.2 Å². The summed E-state index contributed by atoms with van der Waals surface area (Å²) in [5, 5.41) is 7.91. The number of hydrogen-bond acceptors (Lipinski definition) is 6. The third kappa shape index (κ3) is 5.90. The van der Waals surface area contributed by atoms with Crippen LogP contribution in [0.4, 0.5) is 10.5 Å². The van der Waals surface area contributed by atoms with Gasteiger partial charge in [0.1, 0.15) is 5.69 Å². The number of carbonyl (C=O) groups excluding carboxylic acids is 3. The van der Waals surface area contributed by atoms with Crippen molar-refractivity contribution < 1.29 is 19.1 Å². The Hall–Kier alpha value is -3.63. The van der Waals surface area contributed by atoms with Crippen molar-refractivity contribution in [1.29, 1.82) is 0 Å². The quantitative estimate of drug-likeness (QED) is 0.438. The van der Waals surface area contributed by atoms with Gasteiger partial charge in [-0.3, -0.25) is 15.0 Å². The number of nitrogens with one attached hydrogen (secondary N) is 3. The van der Waals surface area contributed by atoms with Crippen LogP contribution in [0.15, 0.2) is 36.5 Å². The van der Waals surface area contributed by atoms with Crippen LogP contribution in [0, 0.1) is 6.92 Å². The summed E-state index contributed by atoms with van der Waals surface area (Å²) >= 11 is 12.5. The number of halogens is 2. The molecule has 0 saturated heterocycles. The summed E-state index contributed by atoms with van der Waals surface area (Å²) in [5.74, 6) is -0.994. The van der Waals surface area contributed by atoms with Crippen molar-refractivity contribution in [2.24, 2.45) is 0 Å². The van der Waals surface area contributed by atoms with E-state index in [-0.39, 0.29) is 33.2 Å². The van der Waals surface area contributed by atoms with E-state index in [9.17, 15) is 14.4 Å². The summed E-state index contributed by atoms with van der Waals surface area (Å²) < 4.78 is 5.81. The third-order valence-corrected chi connectivity index (χ3v) is 5.41. The molecule has 35 heavy (non-hydrogen) atoms. The summed E-state index contributed by atoms with van der Waals surface area (Å²) in [6, 6.07) is 7.92. The molecule has 0 fully saturated rings. The van der Waals surface area contributed by atoms with Crippen LogP contribution in [0.3, 0.4) is 0 Å². The molecule has 0 saturated carbocycles. The third-order valence-electron chi connectivity index (χ3n) is 4.90. The fourth-order valence-corrected chi connectivity index (χ4v) is 3.57. The summed E-state index contributed by atoms with van der Waals surface area (Å²) in [6.07, 6.45) is 0.676. The number of anilines is 1. The molecule has 10 nitrogen and oxygen atoms in total. The van der Waals surface area contributed by atoms with E-state index in [1.807, 2.05) is 20.8 Å². The van der Waals surface area contributed by atoms with Crippen molar-refractivity contribution in [3.05, 3.63) is 69.1 Å². The topological polar surface area (TPSA) is 127 Å². The van der Waals surface area contributed by atoms with Gasteiger partial charge in [-0.2, -0.15) is 5.10 Å². The zero-order valence-corrected chi connectivity index (χ0v) is 21.2. The van der Waals surface area contributed by atoms with Crippen molar-refractivity contribution in [1.82, 2.24) is 25.6 Å². The van der Waals surface area contributed by atoms with Gasteiger partial charge in [-0.05, 0) is 42.8 Å². The number of pyridine rings is 1. The van der Waals surface area contributed by atoms with Gasteiger partial charge >= 0.3 is 6.09 Å². The van der Waals surface area contributed by atoms with Gasteiger partial charge in [0.05, 0.1) is 29.1 Å². The summed E-state index contributed by atoms with van der Waals surface area (Å²) in [7, 11) is 1.15. The van der Waals surface area contributed by atoms with Crippen LogP contribution < -0.4 is 16.2 Å². The number of carbonyl (C=O) groups is 3. The Labute approximate surface area is 211 Å². The molecule has 0 bridgehead atoms. The molecule has 12 heteroatoms. The minimum Gasteiger partial charge on any atom is -0.452 e. The fourth-order valence-electron chi connectivity index (χ4n) is 3.10. The van der Waals surface area contributed by atoms with Crippen molar-refractivity contribution in [2.45, 2.75) is 33.1 Å². The Morgan fingerprint density at radius 1 is 1.06 bits per heavy atom. The van der Waals surface area contributed by atoms with Gasteiger partial charge in [-0.15, -0.1) is 0 Å². The van der Waals surface area contributed by atoms with Gasteiger partial charge in [0.2, 0.25) is 0 Å². The molecule has 0 aliphatic rings. The molecule has 0 aliphatic carbocycles. The second-order valence-electron chi connectivity index (χ2n) is 8.56. The zero-order valence-electron chi connectivity index (χ0n) is 19.7. The highest BCUT2D eigenvalue weighted by molar-refractivity contribution is 6.32. The lowest BCUT2D eigenvalue weighted by molar-refractivity contribution is 0.0921. The highest BCUT2D eigenvalue weighted by atomic mass is 35.5. The van der Waals surface area contributed by atoms with Crippen molar-refractivity contribution >= 4 is 46.8 Å². The number of aromatic nitrogens is 3. The summed E-state index contributed by atoms with van der Waals surface area (Å²) in [6.45, 7) is 7.56. The minimum absolute atomic E-state index is 0.0257. The first-order valence-corrected chi connectivity index (χ1v) is 11.1. The molecule has 3 N–H and O–H groups in total. The SMILES string of the molecule is COC(=O)NNC(=O)c1cc(Cl)cc(C)c1NC(=O)c1cc(C(C)(C)C)nn1-c1ncccc1Cl. The molecule has 2 heterocycles. The Morgan fingerprint density at radius 3 is 2.40 bits per heavy atom. The first kappa shape index (κ1) is 26.0. The normalized spacial score (nSPS) is 11.1. The monoisotopic (exact) mass is 518 g/mol. The number of methoxy groups -OCH3 is 1.